The van der Waals surface area contributed by atoms with Crippen molar-refractivity contribution in [3.63, 3.8) is 0 Å². The molecule has 1 saturated carbocycles. The third-order valence-corrected chi connectivity index (χ3v) is 7.01. The van der Waals surface area contributed by atoms with Gasteiger partial charge in [0.25, 0.3) is 0 Å². The van der Waals surface area contributed by atoms with Gasteiger partial charge in [0.05, 0.1) is 0 Å². The molecule has 3 unspecified atom stereocenters. The number of hydrogen-bond acceptors (Lipinski definition) is 7. The van der Waals surface area contributed by atoms with Crippen molar-refractivity contribution in [2.24, 2.45) is 0 Å². The normalized spacial score (nSPS) is 15.2. The highest BCUT2D eigenvalue weighted by atomic mass is 32.1. The van der Waals surface area contributed by atoms with Crippen molar-refractivity contribution in [1.82, 2.24) is 15.5 Å². The number of nitrogens with one attached hydrogen (secondary N) is 2. The van der Waals surface area contributed by atoms with Gasteiger partial charge in [0, 0.05) is 18.2 Å². The summed E-state index contributed by atoms with van der Waals surface area (Å²) in [6, 6.07) is 13.1. The van der Waals surface area contributed by atoms with Crippen LogP contribution >= 0.6 is 12.6 Å². The van der Waals surface area contributed by atoms with Gasteiger partial charge in [0.15, 0.2) is 0 Å². The van der Waals surface area contributed by atoms with Gasteiger partial charge in [-0.05, 0) is 77.1 Å². The number of esters is 1. The Hall–Kier alpha value is -3.79. The van der Waals surface area contributed by atoms with E-state index in [2.05, 4.69) is 29.8 Å². The Labute approximate surface area is 266 Å². The fourth-order valence-electron chi connectivity index (χ4n) is 4.65. The number of nitrogens with zero attached hydrogens (tertiary/aromatic N) is 1. The summed E-state index contributed by atoms with van der Waals surface area (Å²) in [6.45, 7) is 14.3. The van der Waals surface area contributed by atoms with Crippen molar-refractivity contribution < 1.29 is 28.7 Å². The number of thiol groups is 1. The minimum absolute atomic E-state index is 0.0170. The Morgan fingerprint density at radius 1 is 0.932 bits per heavy atom. The largest absolute Gasteiger partial charge is 0.458 e. The zero-order valence-electron chi connectivity index (χ0n) is 26.5. The lowest BCUT2D eigenvalue weighted by Gasteiger charge is -2.35. The highest BCUT2D eigenvalue weighted by molar-refractivity contribution is 7.80. The number of benzene rings is 2. The third-order valence-electron chi connectivity index (χ3n) is 6.65. The van der Waals surface area contributed by atoms with Gasteiger partial charge >= 0.3 is 12.1 Å². The average Bonchev–Trinajstić information content (AvgIpc) is 3.77. The van der Waals surface area contributed by atoms with Crippen molar-refractivity contribution in [2.45, 2.75) is 96.2 Å². The van der Waals surface area contributed by atoms with Crippen LogP contribution in [0.3, 0.4) is 0 Å². The van der Waals surface area contributed by atoms with E-state index < -0.39 is 53.2 Å². The second kappa shape index (κ2) is 14.8. The molecule has 2 aromatic rings. The molecule has 0 heterocycles. The summed E-state index contributed by atoms with van der Waals surface area (Å²) < 4.78 is 11.1. The van der Waals surface area contributed by atoms with Gasteiger partial charge in [0.2, 0.25) is 11.8 Å². The summed E-state index contributed by atoms with van der Waals surface area (Å²) >= 11 is 4.35. The topological polar surface area (TPSA) is 114 Å². The molecular formula is C34H45N3O6S. The molecule has 0 aliphatic heterocycles. The highest BCUT2D eigenvalue weighted by Gasteiger charge is 2.44. The maximum absolute atomic E-state index is 14.3. The zero-order valence-corrected chi connectivity index (χ0v) is 27.4. The predicted molar refractivity (Wildman–Crippen MR) is 174 cm³/mol. The zero-order chi connectivity index (χ0) is 32.7. The van der Waals surface area contributed by atoms with Crippen molar-refractivity contribution in [1.29, 1.82) is 0 Å². The maximum atomic E-state index is 14.3. The number of carbonyl (C=O) groups excluding carboxylic acids is 4. The van der Waals surface area contributed by atoms with Gasteiger partial charge in [-0.15, -0.1) is 0 Å². The minimum atomic E-state index is -1.11. The molecule has 0 spiro atoms. The lowest BCUT2D eigenvalue weighted by atomic mass is 9.99. The van der Waals surface area contributed by atoms with Crippen molar-refractivity contribution in [3.05, 3.63) is 77.9 Å². The van der Waals surface area contributed by atoms with Crippen molar-refractivity contribution >= 4 is 42.6 Å². The number of rotatable bonds is 12. The molecule has 2 aromatic carbocycles. The second-order valence-corrected chi connectivity index (χ2v) is 13.3. The molecule has 1 fully saturated rings. The summed E-state index contributed by atoms with van der Waals surface area (Å²) in [5.41, 5.74) is 0.582. The Kier molecular flexibility index (Phi) is 11.7. The quantitative estimate of drug-likeness (QED) is 0.220. The van der Waals surface area contributed by atoms with E-state index in [1.165, 1.54) is 4.90 Å². The van der Waals surface area contributed by atoms with E-state index in [-0.39, 0.29) is 18.2 Å². The van der Waals surface area contributed by atoms with Gasteiger partial charge in [-0.25, -0.2) is 9.59 Å². The molecule has 3 atom stereocenters. The van der Waals surface area contributed by atoms with Crippen LogP contribution in [0.25, 0.3) is 6.08 Å². The van der Waals surface area contributed by atoms with Crippen LogP contribution in [0.15, 0.2) is 61.2 Å². The second-order valence-electron chi connectivity index (χ2n) is 12.9. The SMILES string of the molecule is C=Cc1cccc(C(C(=O)NC(Cc2ccccc2)C(=O)OC(C)(C)C)N(C(=O)C(CS)NC(=O)OC(C)(C)C)C2CC2)c1. The van der Waals surface area contributed by atoms with Crippen molar-refractivity contribution in [3.8, 4) is 0 Å². The molecule has 0 aromatic heterocycles. The first-order valence-corrected chi connectivity index (χ1v) is 15.5. The summed E-state index contributed by atoms with van der Waals surface area (Å²) in [5, 5.41) is 5.53. The van der Waals surface area contributed by atoms with E-state index >= 15 is 0 Å². The summed E-state index contributed by atoms with van der Waals surface area (Å²) in [4.78, 5) is 56.0. The smallest absolute Gasteiger partial charge is 0.408 e. The fourth-order valence-corrected chi connectivity index (χ4v) is 4.89. The Morgan fingerprint density at radius 3 is 2.11 bits per heavy atom. The van der Waals surface area contributed by atoms with E-state index in [0.717, 1.165) is 11.1 Å². The molecule has 2 N–H and O–H groups in total. The van der Waals surface area contributed by atoms with Gasteiger partial charge in [-0.2, -0.15) is 12.6 Å². The molecule has 238 valence electrons. The lowest BCUT2D eigenvalue weighted by molar-refractivity contribution is -0.159. The number of hydrogen-bond donors (Lipinski definition) is 3. The fraction of sp³-hybridized carbons (Fsp3) is 0.471. The Morgan fingerprint density at radius 2 is 1.57 bits per heavy atom. The third kappa shape index (κ3) is 10.4. The van der Waals surface area contributed by atoms with Crippen LogP contribution in [0.4, 0.5) is 4.79 Å². The van der Waals surface area contributed by atoms with E-state index in [0.29, 0.717) is 18.4 Å². The maximum Gasteiger partial charge on any atom is 0.408 e. The molecule has 1 aliphatic carbocycles. The van der Waals surface area contributed by atoms with Crippen LogP contribution in [0.1, 0.15) is 77.1 Å². The minimum Gasteiger partial charge on any atom is -0.458 e. The number of alkyl carbamates (subject to hydrolysis) is 1. The number of ether oxygens (including phenoxy) is 2. The van der Waals surface area contributed by atoms with E-state index in [4.69, 9.17) is 9.47 Å². The molecule has 0 saturated heterocycles. The first-order valence-electron chi connectivity index (χ1n) is 14.8. The molecule has 0 bridgehead atoms. The van der Waals surface area contributed by atoms with E-state index in [1.807, 2.05) is 36.4 Å². The van der Waals surface area contributed by atoms with Crippen LogP contribution in [-0.2, 0) is 30.3 Å². The van der Waals surface area contributed by atoms with Gasteiger partial charge in [-0.1, -0.05) is 61.2 Å². The van der Waals surface area contributed by atoms with Crippen LogP contribution in [0, 0.1) is 0 Å². The number of amides is 3. The van der Waals surface area contributed by atoms with Crippen LogP contribution in [0.2, 0.25) is 0 Å². The average molecular weight is 624 g/mol. The molecule has 0 radical (unpaired) electrons. The van der Waals surface area contributed by atoms with Crippen LogP contribution < -0.4 is 10.6 Å². The molecule has 3 amide bonds. The van der Waals surface area contributed by atoms with E-state index in [9.17, 15) is 19.2 Å². The molecule has 3 rings (SSSR count). The Balaban J connectivity index is 2.02. The molecule has 1 aliphatic rings. The Bertz CT molecular complexity index is 1330. The standard InChI is InChI=1S/C34H45N3O6S/c1-8-22-15-12-16-24(19-22)28(37(25-17-18-25)30(39)27(21-44)36-32(41)43-34(5,6)7)29(38)35-26(31(40)42-33(2,3)4)20-23-13-10-9-11-14-23/h8-16,19,25-28,44H,1,17-18,20-21H2,2-7H3,(H,35,38)(H,36,41). The van der Waals surface area contributed by atoms with Gasteiger partial charge < -0.3 is 25.0 Å². The first kappa shape index (κ1) is 34.7. The summed E-state index contributed by atoms with van der Waals surface area (Å²) in [5.74, 6) is -1.63. The van der Waals surface area contributed by atoms with Crippen LogP contribution in [-0.4, -0.2) is 63.9 Å². The molecular weight excluding hydrogens is 578 g/mol. The highest BCUT2D eigenvalue weighted by Crippen LogP contribution is 2.36. The molecule has 44 heavy (non-hydrogen) atoms. The lowest BCUT2D eigenvalue weighted by Crippen LogP contribution is -2.56. The predicted octanol–water partition coefficient (Wildman–Crippen LogP) is 5.25. The number of carbonyl (C=O) groups is 4. The summed E-state index contributed by atoms with van der Waals surface area (Å²) in [6.07, 6.45) is 2.45. The molecule has 10 heteroatoms. The monoisotopic (exact) mass is 623 g/mol. The summed E-state index contributed by atoms with van der Waals surface area (Å²) in [7, 11) is 0. The van der Waals surface area contributed by atoms with Crippen molar-refractivity contribution in [2.75, 3.05) is 5.75 Å². The first-order chi connectivity index (χ1) is 20.6. The molecule has 9 nitrogen and oxygen atoms in total. The van der Waals surface area contributed by atoms with Crippen LogP contribution in [0.5, 0.6) is 0 Å². The van der Waals surface area contributed by atoms with Gasteiger partial charge in [-0.3, -0.25) is 9.59 Å². The van der Waals surface area contributed by atoms with Gasteiger partial charge in [0.1, 0.15) is 29.3 Å². The van der Waals surface area contributed by atoms with E-state index in [1.54, 1.807) is 65.8 Å².